The predicted octanol–water partition coefficient (Wildman–Crippen LogP) is 1.64. The summed E-state index contributed by atoms with van der Waals surface area (Å²) in [5.41, 5.74) is 35.1. The Morgan fingerprint density at radius 2 is 0.679 bits per heavy atom. The first-order valence-electron chi connectivity index (χ1n) is 25.2. The topological polar surface area (TPSA) is 414 Å². The van der Waals surface area contributed by atoms with E-state index in [9.17, 15) is 38.4 Å². The second kappa shape index (κ2) is 31.6. The minimum absolute atomic E-state index is 0.0159. The van der Waals surface area contributed by atoms with Gasteiger partial charge in [0.1, 0.15) is 41.1 Å². The Hall–Kier alpha value is -8.36. The van der Waals surface area contributed by atoms with E-state index >= 15 is 0 Å². The second-order valence-electron chi connectivity index (χ2n) is 17.7. The number of amides is 8. The van der Waals surface area contributed by atoms with Gasteiger partial charge >= 0.3 is 0 Å². The zero-order valence-electron chi connectivity index (χ0n) is 44.3. The molecule has 19 N–H and O–H groups in total. The van der Waals surface area contributed by atoms with Crippen LogP contribution in [0.2, 0.25) is 0 Å². The molecular weight excluding hydrogens is 1010 g/mol. The fourth-order valence-electron chi connectivity index (χ4n) is 7.91. The number of anilines is 4. The highest BCUT2D eigenvalue weighted by atomic mass is 16.5. The summed E-state index contributed by atoms with van der Waals surface area (Å²) in [6, 6.07) is 13.0. The van der Waals surface area contributed by atoms with Gasteiger partial charge in [-0.25, -0.2) is 0 Å². The van der Waals surface area contributed by atoms with Gasteiger partial charge in [0.2, 0.25) is 23.6 Å². The molecule has 0 radical (unpaired) electrons. The number of benzene rings is 4. The lowest BCUT2D eigenvalue weighted by atomic mass is 10.1. The minimum atomic E-state index is -1.17. The number of hydrogen-bond acceptors (Lipinski definition) is 17. The van der Waals surface area contributed by atoms with Crippen LogP contribution >= 0.6 is 0 Å². The van der Waals surface area contributed by atoms with Crippen molar-refractivity contribution < 1.29 is 57.3 Å². The average Bonchev–Trinajstić information content (AvgIpc) is 3.44. The second-order valence-corrected chi connectivity index (χ2v) is 17.7. The molecule has 0 saturated heterocycles. The normalized spacial score (nSPS) is 12.3. The quantitative estimate of drug-likeness (QED) is 0.0309. The van der Waals surface area contributed by atoms with Crippen molar-refractivity contribution in [3.63, 3.8) is 0 Å². The maximum Gasteiger partial charge on any atom is 0.255 e. The van der Waals surface area contributed by atoms with Gasteiger partial charge in [0, 0.05) is 22.7 Å². The first kappa shape index (κ1) is 62.2. The number of nitrogens with one attached hydrogen (secondary N) is 7. The van der Waals surface area contributed by atoms with E-state index in [2.05, 4.69) is 37.2 Å². The maximum atomic E-state index is 14.2. The Labute approximate surface area is 452 Å². The zero-order valence-corrected chi connectivity index (χ0v) is 44.3. The van der Waals surface area contributed by atoms with E-state index in [0.29, 0.717) is 51.6 Å². The molecule has 0 saturated carbocycles. The molecule has 25 heteroatoms. The van der Waals surface area contributed by atoms with Crippen LogP contribution in [-0.2, 0) is 19.2 Å². The number of ether oxygens (including phenoxy) is 4. The lowest BCUT2D eigenvalue weighted by Crippen LogP contribution is -2.44. The monoisotopic (exact) mass is 1080 g/mol. The number of nitrogens with two attached hydrogens (primary N) is 6. The first-order chi connectivity index (χ1) is 37.4. The van der Waals surface area contributed by atoms with Crippen molar-refractivity contribution in [1.82, 2.24) is 16.0 Å². The van der Waals surface area contributed by atoms with E-state index in [-0.39, 0.29) is 100 Å². The van der Waals surface area contributed by atoms with Crippen molar-refractivity contribution in [3.05, 3.63) is 95.1 Å². The summed E-state index contributed by atoms with van der Waals surface area (Å²) in [4.78, 5) is 108. The number of hydrogen-bond donors (Lipinski definition) is 13. The summed E-state index contributed by atoms with van der Waals surface area (Å²) in [6.07, 6.45) is 2.91. The van der Waals surface area contributed by atoms with Crippen LogP contribution in [0.1, 0.15) is 99.2 Å². The minimum Gasteiger partial charge on any atom is -0.496 e. The molecule has 0 aliphatic carbocycles. The number of rotatable bonds is 32. The van der Waals surface area contributed by atoms with Gasteiger partial charge in [-0.05, 0) is 157 Å². The van der Waals surface area contributed by atoms with E-state index in [1.165, 1.54) is 101 Å². The highest BCUT2D eigenvalue weighted by Crippen LogP contribution is 2.28. The van der Waals surface area contributed by atoms with Crippen LogP contribution in [0.5, 0.6) is 23.0 Å². The molecule has 4 aromatic carbocycles. The highest BCUT2D eigenvalue weighted by Gasteiger charge is 2.29. The Balaban J connectivity index is 1.54. The van der Waals surface area contributed by atoms with Crippen molar-refractivity contribution in [1.29, 1.82) is 0 Å². The fourth-order valence-corrected chi connectivity index (χ4v) is 7.91. The van der Waals surface area contributed by atoms with Gasteiger partial charge in [0.05, 0.1) is 56.7 Å². The van der Waals surface area contributed by atoms with E-state index in [1.54, 1.807) is 0 Å². The van der Waals surface area contributed by atoms with Crippen molar-refractivity contribution in [3.8, 4) is 23.0 Å². The molecule has 0 spiro atoms. The Kier molecular flexibility index (Phi) is 25.2. The van der Waals surface area contributed by atoms with Crippen molar-refractivity contribution in [2.45, 2.75) is 82.0 Å². The highest BCUT2D eigenvalue weighted by molar-refractivity contribution is 6.07. The van der Waals surface area contributed by atoms with Crippen molar-refractivity contribution >= 4 is 70.0 Å². The van der Waals surface area contributed by atoms with Gasteiger partial charge in [-0.2, -0.15) is 0 Å². The summed E-state index contributed by atoms with van der Waals surface area (Å²) in [6.45, 7) is 1.08. The lowest BCUT2D eigenvalue weighted by molar-refractivity contribution is -0.118. The number of methoxy groups -OCH3 is 4. The maximum absolute atomic E-state index is 14.2. The molecule has 0 aromatic heterocycles. The van der Waals surface area contributed by atoms with Gasteiger partial charge in [-0.15, -0.1) is 0 Å². The van der Waals surface area contributed by atoms with Crippen LogP contribution in [-0.4, -0.2) is 126 Å². The van der Waals surface area contributed by atoms with Crippen molar-refractivity contribution in [2.24, 2.45) is 34.4 Å². The summed E-state index contributed by atoms with van der Waals surface area (Å²) in [5.74, 6) is -4.81. The number of carbonyl (C=O) groups is 8. The third-order valence-corrected chi connectivity index (χ3v) is 12.1. The van der Waals surface area contributed by atoms with Crippen molar-refractivity contribution in [2.75, 3.05) is 75.9 Å². The average molecular weight is 1080 g/mol. The Morgan fingerprint density at radius 3 is 0.987 bits per heavy atom. The third kappa shape index (κ3) is 18.2. The van der Waals surface area contributed by atoms with E-state index in [4.69, 9.17) is 53.3 Å². The molecule has 4 atom stereocenters. The molecule has 0 unspecified atom stereocenters. The van der Waals surface area contributed by atoms with E-state index < -0.39 is 71.4 Å². The third-order valence-electron chi connectivity index (χ3n) is 12.1. The summed E-state index contributed by atoms with van der Waals surface area (Å²) in [5, 5.41) is 19.1. The SMILES string of the molecule is COc1ccc(NC(=O)[C@H](CCCN)NC(=O)c2cc(NC(=O)[C@H](CCCCN)NC(=O)c3cc(NC(=O)[C@H](CCCN)NC(=O)c4cc(NC(=O)[C@@H](N)CCCN)ccc4OC)ccc3OC)ccc2OC)cc1C(N)=O. The van der Waals surface area contributed by atoms with E-state index in [1.807, 2.05) is 0 Å². The number of unbranched alkanes of at least 4 members (excludes halogenated alkanes) is 1. The molecule has 4 rings (SSSR count). The zero-order chi connectivity index (χ0) is 57.3. The molecule has 8 amide bonds. The molecule has 25 nitrogen and oxygen atoms in total. The molecule has 0 aliphatic rings. The van der Waals surface area contributed by atoms with Gasteiger partial charge in [0.25, 0.3) is 23.6 Å². The van der Waals surface area contributed by atoms with Gasteiger partial charge in [0.15, 0.2) is 0 Å². The van der Waals surface area contributed by atoms with Gasteiger partial charge in [-0.1, -0.05) is 0 Å². The molecule has 4 aromatic rings. The van der Waals surface area contributed by atoms with Crippen LogP contribution < -0.4 is 90.6 Å². The Morgan fingerprint density at radius 1 is 0.397 bits per heavy atom. The van der Waals surface area contributed by atoms with Crippen LogP contribution in [0, 0.1) is 0 Å². The summed E-state index contributed by atoms with van der Waals surface area (Å²) in [7, 11) is 5.41. The van der Waals surface area contributed by atoms with Crippen LogP contribution in [0.4, 0.5) is 22.7 Å². The van der Waals surface area contributed by atoms with Crippen LogP contribution in [0.3, 0.4) is 0 Å². The van der Waals surface area contributed by atoms with Gasteiger partial charge in [-0.3, -0.25) is 38.4 Å². The first-order valence-corrected chi connectivity index (χ1v) is 25.2. The smallest absolute Gasteiger partial charge is 0.255 e. The molecule has 422 valence electrons. The Bertz CT molecular complexity index is 2740. The number of carbonyl (C=O) groups excluding carboxylic acids is 8. The van der Waals surface area contributed by atoms with Crippen LogP contribution in [0.25, 0.3) is 0 Å². The largest absolute Gasteiger partial charge is 0.496 e. The van der Waals surface area contributed by atoms with Crippen LogP contribution in [0.15, 0.2) is 72.8 Å². The summed E-state index contributed by atoms with van der Waals surface area (Å²) < 4.78 is 21.6. The predicted molar refractivity (Wildman–Crippen MR) is 295 cm³/mol. The molecule has 0 heterocycles. The summed E-state index contributed by atoms with van der Waals surface area (Å²) >= 11 is 0. The molecular formula is C53H73N13O12. The molecule has 0 fully saturated rings. The molecule has 0 bridgehead atoms. The fraction of sp³-hybridized carbons (Fsp3) is 0.396. The molecule has 78 heavy (non-hydrogen) atoms. The molecule has 0 aliphatic heterocycles. The van der Waals surface area contributed by atoms with E-state index in [0.717, 1.165) is 0 Å². The standard InChI is InChI=1S/C53H73N13O12/c1-75-42-18-14-30(26-34(42)46(59)67)61-52(73)40(12-8-24-56)65-49(70)37-28-32(16-20-45(37)78-4)62-51(72)39(11-5-6-22-54)64-47(68)36-29-33(17-21-44(36)77-3)63-53(74)41(13-9-25-57)66-48(69)35-27-31(15-19-43(35)76-2)60-50(71)38(58)10-7-23-55/h14-21,26-29,38-41H,5-13,22-25,54-58H2,1-4H3,(H2,59,67)(H,60,71)(H,61,73)(H,62,72)(H,63,74)(H,64,68)(H,65,70)(H,66,69)/t38-,39-,40-,41-/m0/s1. The van der Waals surface area contributed by atoms with Gasteiger partial charge < -0.3 is 90.6 Å². The number of primary amides is 1. The lowest BCUT2D eigenvalue weighted by Gasteiger charge is -2.22.